The summed E-state index contributed by atoms with van der Waals surface area (Å²) in [5.74, 6) is 6.70. The zero-order valence-electron chi connectivity index (χ0n) is 10.1. The third kappa shape index (κ3) is 10.8. The molecule has 1 amide bonds. The molecule has 3 heteroatoms. The molecule has 0 unspecified atom stereocenters. The first kappa shape index (κ1) is 13.8. The molecule has 0 fully saturated rings. The van der Waals surface area contributed by atoms with Crippen LogP contribution in [0.3, 0.4) is 0 Å². The molecule has 1 N–H and O–H groups in total. The summed E-state index contributed by atoms with van der Waals surface area (Å²) in [6.07, 6.45) is 0.513. The molecule has 3 nitrogen and oxygen atoms in total. The lowest BCUT2D eigenvalue weighted by Crippen LogP contribution is -2.25. The van der Waals surface area contributed by atoms with Crippen LogP contribution in [0.15, 0.2) is 0 Å². The molecule has 86 valence electrons. The second-order valence-electron chi connectivity index (χ2n) is 4.15. The number of rotatable bonds is 4. The zero-order valence-corrected chi connectivity index (χ0v) is 10.1. The summed E-state index contributed by atoms with van der Waals surface area (Å²) in [6.45, 7) is 9.03. The van der Waals surface area contributed by atoms with Crippen molar-refractivity contribution in [3.8, 4) is 11.8 Å². The van der Waals surface area contributed by atoms with Gasteiger partial charge in [-0.1, -0.05) is 39.5 Å². The van der Waals surface area contributed by atoms with Gasteiger partial charge in [-0.2, -0.15) is 0 Å². The standard InChI is InChI=1S/C12H21NO2/c1-10(2)6-5-8-13-12(14)15-9-7-11(3)4/h10-11H,7-9H2,1-4H3,(H,13,14). The Morgan fingerprint density at radius 2 is 2.00 bits per heavy atom. The fraction of sp³-hybridized carbons (Fsp3) is 0.750. The highest BCUT2D eigenvalue weighted by molar-refractivity contribution is 5.67. The van der Waals surface area contributed by atoms with E-state index in [1.54, 1.807) is 0 Å². The minimum Gasteiger partial charge on any atom is -0.450 e. The largest absolute Gasteiger partial charge is 0.450 e. The minimum atomic E-state index is -0.381. The molecule has 0 heterocycles. The van der Waals surface area contributed by atoms with Gasteiger partial charge in [0.15, 0.2) is 0 Å². The molecular weight excluding hydrogens is 190 g/mol. The molecule has 0 radical (unpaired) electrons. The Morgan fingerprint density at radius 1 is 1.33 bits per heavy atom. The predicted octanol–water partition coefficient (Wildman–Crippen LogP) is 2.42. The van der Waals surface area contributed by atoms with Gasteiger partial charge in [0, 0.05) is 5.92 Å². The van der Waals surface area contributed by atoms with Gasteiger partial charge in [-0.15, -0.1) is 0 Å². The van der Waals surface area contributed by atoms with E-state index >= 15 is 0 Å². The van der Waals surface area contributed by atoms with Crippen molar-refractivity contribution in [1.82, 2.24) is 5.32 Å². The molecule has 0 atom stereocenters. The van der Waals surface area contributed by atoms with Gasteiger partial charge in [0.2, 0.25) is 0 Å². The summed E-state index contributed by atoms with van der Waals surface area (Å²) in [7, 11) is 0. The number of hydrogen-bond donors (Lipinski definition) is 1. The minimum absolute atomic E-state index is 0.337. The molecule has 0 aliphatic heterocycles. The van der Waals surface area contributed by atoms with Gasteiger partial charge < -0.3 is 10.1 Å². The fourth-order valence-corrected chi connectivity index (χ4v) is 0.810. The van der Waals surface area contributed by atoms with E-state index in [-0.39, 0.29) is 6.09 Å². The van der Waals surface area contributed by atoms with Gasteiger partial charge in [0.1, 0.15) is 0 Å². The quantitative estimate of drug-likeness (QED) is 0.725. The maximum absolute atomic E-state index is 11.1. The molecular formula is C12H21NO2. The topological polar surface area (TPSA) is 38.3 Å². The Kier molecular flexibility index (Phi) is 7.53. The summed E-state index contributed by atoms with van der Waals surface area (Å²) in [5.41, 5.74) is 0. The Morgan fingerprint density at radius 3 is 2.53 bits per heavy atom. The third-order valence-electron chi connectivity index (χ3n) is 1.64. The molecule has 0 aliphatic rings. The Balaban J connectivity index is 3.47. The second-order valence-corrected chi connectivity index (χ2v) is 4.15. The average Bonchev–Trinajstić information content (AvgIpc) is 2.11. The van der Waals surface area contributed by atoms with Crippen LogP contribution in [0.4, 0.5) is 4.79 Å². The summed E-state index contributed by atoms with van der Waals surface area (Å²) in [4.78, 5) is 11.1. The summed E-state index contributed by atoms with van der Waals surface area (Å²) in [6, 6.07) is 0. The molecule has 0 aromatic carbocycles. The molecule has 0 rings (SSSR count). The van der Waals surface area contributed by atoms with Gasteiger partial charge in [0.05, 0.1) is 13.2 Å². The highest BCUT2D eigenvalue weighted by Gasteiger charge is 2.00. The van der Waals surface area contributed by atoms with E-state index in [0.29, 0.717) is 25.0 Å². The van der Waals surface area contributed by atoms with Crippen LogP contribution in [0, 0.1) is 23.7 Å². The van der Waals surface area contributed by atoms with Crippen LogP contribution in [0.2, 0.25) is 0 Å². The van der Waals surface area contributed by atoms with Crippen molar-refractivity contribution in [2.45, 2.75) is 34.1 Å². The maximum Gasteiger partial charge on any atom is 0.407 e. The molecule has 0 aromatic rings. The van der Waals surface area contributed by atoms with E-state index in [4.69, 9.17) is 4.74 Å². The zero-order chi connectivity index (χ0) is 11.7. The smallest absolute Gasteiger partial charge is 0.407 e. The van der Waals surface area contributed by atoms with Crippen LogP contribution in [0.1, 0.15) is 34.1 Å². The van der Waals surface area contributed by atoms with E-state index < -0.39 is 0 Å². The number of nitrogens with one attached hydrogen (secondary N) is 1. The molecule has 0 saturated heterocycles. The average molecular weight is 211 g/mol. The summed E-state index contributed by atoms with van der Waals surface area (Å²) in [5, 5.41) is 2.58. The van der Waals surface area contributed by atoms with E-state index in [0.717, 1.165) is 6.42 Å². The number of amides is 1. The lowest BCUT2D eigenvalue weighted by molar-refractivity contribution is 0.142. The molecule has 0 saturated carbocycles. The van der Waals surface area contributed by atoms with Crippen LogP contribution >= 0.6 is 0 Å². The van der Waals surface area contributed by atoms with Gasteiger partial charge in [-0.25, -0.2) is 4.79 Å². The van der Waals surface area contributed by atoms with Crippen molar-refractivity contribution < 1.29 is 9.53 Å². The van der Waals surface area contributed by atoms with E-state index in [2.05, 4.69) is 31.0 Å². The Hall–Kier alpha value is -1.17. The molecule has 15 heavy (non-hydrogen) atoms. The number of alkyl carbamates (subject to hydrolysis) is 1. The van der Waals surface area contributed by atoms with Crippen molar-refractivity contribution >= 4 is 6.09 Å². The van der Waals surface area contributed by atoms with Crippen LogP contribution < -0.4 is 5.32 Å². The normalized spacial score (nSPS) is 9.73. The van der Waals surface area contributed by atoms with E-state index in [9.17, 15) is 4.79 Å². The Labute approximate surface area is 92.6 Å². The maximum atomic E-state index is 11.1. The lowest BCUT2D eigenvalue weighted by atomic mass is 10.1. The first-order valence-corrected chi connectivity index (χ1v) is 5.41. The molecule has 0 aromatic heterocycles. The van der Waals surface area contributed by atoms with Crippen molar-refractivity contribution in [2.24, 2.45) is 11.8 Å². The van der Waals surface area contributed by atoms with Crippen molar-refractivity contribution in [3.05, 3.63) is 0 Å². The summed E-state index contributed by atoms with van der Waals surface area (Å²) >= 11 is 0. The first-order chi connectivity index (χ1) is 7.02. The summed E-state index contributed by atoms with van der Waals surface area (Å²) < 4.78 is 4.94. The first-order valence-electron chi connectivity index (χ1n) is 5.41. The van der Waals surface area contributed by atoms with Gasteiger partial charge in [-0.3, -0.25) is 0 Å². The van der Waals surface area contributed by atoms with Crippen molar-refractivity contribution in [2.75, 3.05) is 13.2 Å². The van der Waals surface area contributed by atoms with Crippen LogP contribution in [-0.4, -0.2) is 19.2 Å². The highest BCUT2D eigenvalue weighted by Crippen LogP contribution is 1.98. The van der Waals surface area contributed by atoms with Gasteiger partial charge in [-0.05, 0) is 12.3 Å². The van der Waals surface area contributed by atoms with Gasteiger partial charge in [0.25, 0.3) is 0 Å². The van der Waals surface area contributed by atoms with Crippen LogP contribution in [0.25, 0.3) is 0 Å². The fourth-order valence-electron chi connectivity index (χ4n) is 0.810. The van der Waals surface area contributed by atoms with Crippen LogP contribution in [-0.2, 0) is 4.74 Å². The van der Waals surface area contributed by atoms with Gasteiger partial charge >= 0.3 is 6.09 Å². The number of carbonyl (C=O) groups is 1. The number of carbonyl (C=O) groups excluding carboxylic acids is 1. The molecule has 0 bridgehead atoms. The highest BCUT2D eigenvalue weighted by atomic mass is 16.5. The second kappa shape index (κ2) is 8.16. The monoisotopic (exact) mass is 211 g/mol. The van der Waals surface area contributed by atoms with E-state index in [1.165, 1.54) is 0 Å². The number of hydrogen-bond acceptors (Lipinski definition) is 2. The van der Waals surface area contributed by atoms with Crippen LogP contribution in [0.5, 0.6) is 0 Å². The SMILES string of the molecule is CC(C)C#CCNC(=O)OCCC(C)C. The van der Waals surface area contributed by atoms with Crippen molar-refractivity contribution in [1.29, 1.82) is 0 Å². The Bertz CT molecular complexity index is 236. The van der Waals surface area contributed by atoms with Crippen molar-refractivity contribution in [3.63, 3.8) is 0 Å². The predicted molar refractivity (Wildman–Crippen MR) is 61.4 cm³/mol. The number of ether oxygens (including phenoxy) is 1. The lowest BCUT2D eigenvalue weighted by Gasteiger charge is -2.06. The van der Waals surface area contributed by atoms with E-state index in [1.807, 2.05) is 13.8 Å². The molecule has 0 spiro atoms. The molecule has 0 aliphatic carbocycles. The third-order valence-corrected chi connectivity index (χ3v) is 1.64.